The summed E-state index contributed by atoms with van der Waals surface area (Å²) in [7, 11) is 3.24. The minimum Gasteiger partial charge on any atom is -0.504 e. The van der Waals surface area contributed by atoms with Gasteiger partial charge in [-0.25, -0.2) is 0 Å². The highest BCUT2D eigenvalue weighted by atomic mass is 16.6. The highest BCUT2D eigenvalue weighted by Gasteiger charge is 2.20. The van der Waals surface area contributed by atoms with Crippen molar-refractivity contribution in [1.82, 2.24) is 0 Å². The summed E-state index contributed by atoms with van der Waals surface area (Å²) < 4.78 is 34.2. The van der Waals surface area contributed by atoms with E-state index in [0.29, 0.717) is 62.3 Å². The summed E-state index contributed by atoms with van der Waals surface area (Å²) >= 11 is 0. The fourth-order valence-corrected chi connectivity index (χ4v) is 5.12. The van der Waals surface area contributed by atoms with Gasteiger partial charge >= 0.3 is 0 Å². The quantitative estimate of drug-likeness (QED) is 0.0564. The van der Waals surface area contributed by atoms with Crippen LogP contribution in [0.3, 0.4) is 0 Å². The lowest BCUT2D eigenvalue weighted by Crippen LogP contribution is -2.13. The topological polar surface area (TPSA) is 136 Å². The molecule has 0 unspecified atom stereocenters. The Labute approximate surface area is 266 Å². The van der Waals surface area contributed by atoms with Crippen LogP contribution in [0.25, 0.3) is 43.8 Å². The first kappa shape index (κ1) is 32.6. The van der Waals surface area contributed by atoms with Crippen molar-refractivity contribution in [2.75, 3.05) is 67.1 Å². The van der Waals surface area contributed by atoms with Crippen molar-refractivity contribution < 1.29 is 48.8 Å². The molecule has 46 heavy (non-hydrogen) atoms. The smallest absolute Gasteiger partial charge is 0.169 e. The number of phenols is 4. The van der Waals surface area contributed by atoms with Crippen molar-refractivity contribution >= 4 is 21.5 Å². The van der Waals surface area contributed by atoms with Crippen molar-refractivity contribution in [3.05, 3.63) is 72.8 Å². The summed E-state index contributed by atoms with van der Waals surface area (Å²) in [6, 6.07) is 21.1. The molecule has 0 saturated carbocycles. The van der Waals surface area contributed by atoms with Crippen molar-refractivity contribution in [3.8, 4) is 56.8 Å². The van der Waals surface area contributed by atoms with E-state index < -0.39 is 0 Å². The molecule has 0 radical (unpaired) electrons. The maximum absolute atomic E-state index is 10.2. The summed E-state index contributed by atoms with van der Waals surface area (Å²) in [5.74, 6) is 0.257. The lowest BCUT2D eigenvalue weighted by Gasteiger charge is -2.20. The zero-order valence-corrected chi connectivity index (χ0v) is 25.8. The van der Waals surface area contributed by atoms with Gasteiger partial charge in [-0.05, 0) is 81.6 Å². The lowest BCUT2D eigenvalue weighted by molar-refractivity contribution is 0.0503. The molecule has 0 amide bonds. The van der Waals surface area contributed by atoms with Crippen LogP contribution in [0.1, 0.15) is 0 Å². The van der Waals surface area contributed by atoms with Crippen LogP contribution in [0.2, 0.25) is 0 Å². The van der Waals surface area contributed by atoms with E-state index in [9.17, 15) is 20.4 Å². The number of aromatic hydroxyl groups is 4. The predicted octanol–water partition coefficient (Wildman–Crippen LogP) is 6.23. The van der Waals surface area contributed by atoms with E-state index in [4.69, 9.17) is 28.4 Å². The van der Waals surface area contributed by atoms with E-state index in [0.717, 1.165) is 32.7 Å². The van der Waals surface area contributed by atoms with Gasteiger partial charge in [-0.2, -0.15) is 0 Å². The molecule has 0 aromatic heterocycles. The third kappa shape index (κ3) is 7.55. The molecule has 0 aliphatic carbocycles. The molecule has 5 aromatic rings. The maximum Gasteiger partial charge on any atom is 0.169 e. The molecule has 0 fully saturated rings. The Morgan fingerprint density at radius 2 is 0.761 bits per heavy atom. The fourth-order valence-electron chi connectivity index (χ4n) is 5.12. The van der Waals surface area contributed by atoms with Crippen LogP contribution in [0.5, 0.6) is 34.5 Å². The minimum atomic E-state index is -0.217. The van der Waals surface area contributed by atoms with Gasteiger partial charge in [0.25, 0.3) is 0 Å². The number of phenolic OH excluding ortho intramolecular Hbond substituents is 4. The van der Waals surface area contributed by atoms with Gasteiger partial charge in [0.15, 0.2) is 34.5 Å². The van der Waals surface area contributed by atoms with E-state index in [1.54, 1.807) is 26.4 Å². The molecule has 0 atom stereocenters. The zero-order valence-electron chi connectivity index (χ0n) is 25.8. The number of hydrogen-bond donors (Lipinski definition) is 4. The Kier molecular flexibility index (Phi) is 11.0. The average molecular weight is 631 g/mol. The highest BCUT2D eigenvalue weighted by Crippen LogP contribution is 2.46. The molecular formula is C36H38O10. The average Bonchev–Trinajstić information content (AvgIpc) is 3.07. The highest BCUT2D eigenvalue weighted by molar-refractivity contribution is 6.15. The molecule has 0 spiro atoms. The Hall–Kier alpha value is -4.74. The number of benzene rings is 5. The number of fused-ring (bicyclic) bond motifs is 3. The fraction of sp³-hybridized carbons (Fsp3) is 0.278. The number of ether oxygens (including phenoxy) is 6. The Bertz CT molecular complexity index is 1660. The van der Waals surface area contributed by atoms with E-state index in [-0.39, 0.29) is 36.2 Å². The molecule has 0 bridgehead atoms. The molecule has 4 N–H and O–H groups in total. The van der Waals surface area contributed by atoms with E-state index in [2.05, 4.69) is 0 Å². The Balaban J connectivity index is 1.65. The van der Waals surface area contributed by atoms with Crippen LogP contribution < -0.4 is 9.47 Å². The van der Waals surface area contributed by atoms with Crippen molar-refractivity contribution in [1.29, 1.82) is 0 Å². The normalized spacial score (nSPS) is 11.3. The third-order valence-electron chi connectivity index (χ3n) is 7.45. The monoisotopic (exact) mass is 630 g/mol. The summed E-state index contributed by atoms with van der Waals surface area (Å²) in [5, 5.41) is 43.4. The molecule has 0 aliphatic heterocycles. The van der Waals surface area contributed by atoms with E-state index >= 15 is 0 Å². The number of methoxy groups -OCH3 is 2. The first-order valence-corrected chi connectivity index (χ1v) is 14.9. The van der Waals surface area contributed by atoms with Gasteiger partial charge < -0.3 is 48.8 Å². The second-order valence-corrected chi connectivity index (χ2v) is 10.5. The number of rotatable bonds is 16. The second-order valence-electron chi connectivity index (χ2n) is 10.5. The minimum absolute atomic E-state index is 0.201. The van der Waals surface area contributed by atoms with Gasteiger partial charge in [-0.3, -0.25) is 0 Å². The van der Waals surface area contributed by atoms with Crippen LogP contribution in [-0.4, -0.2) is 87.5 Å². The predicted molar refractivity (Wildman–Crippen MR) is 175 cm³/mol. The largest absolute Gasteiger partial charge is 0.504 e. The maximum atomic E-state index is 10.2. The van der Waals surface area contributed by atoms with Crippen molar-refractivity contribution in [3.63, 3.8) is 0 Å². The van der Waals surface area contributed by atoms with Crippen LogP contribution in [0, 0.1) is 0 Å². The van der Waals surface area contributed by atoms with Gasteiger partial charge in [0, 0.05) is 25.0 Å². The first-order chi connectivity index (χ1) is 22.4. The molecule has 5 rings (SSSR count). The third-order valence-corrected chi connectivity index (χ3v) is 7.45. The molecule has 0 saturated heterocycles. The molecule has 242 valence electrons. The van der Waals surface area contributed by atoms with Crippen LogP contribution in [-0.2, 0) is 18.9 Å². The summed E-state index contributed by atoms with van der Waals surface area (Å²) in [4.78, 5) is 0. The molecule has 10 nitrogen and oxygen atoms in total. The van der Waals surface area contributed by atoms with Crippen LogP contribution >= 0.6 is 0 Å². The Morgan fingerprint density at radius 3 is 1.15 bits per heavy atom. The van der Waals surface area contributed by atoms with Crippen molar-refractivity contribution in [2.45, 2.75) is 0 Å². The first-order valence-electron chi connectivity index (χ1n) is 14.9. The van der Waals surface area contributed by atoms with Gasteiger partial charge in [0.05, 0.1) is 39.6 Å². The summed E-state index contributed by atoms with van der Waals surface area (Å²) in [6.45, 7) is 3.07. The Morgan fingerprint density at radius 1 is 0.391 bits per heavy atom. The standard InChI is InChI=1S/C36H38O10/c1-41-11-13-43-15-17-45-35-27-7-3-23(25-5-9-31(37)33(39)21-25)19-29(27)30-20-24(26-6-10-32(38)34(40)22-26)4-8-28(30)36(35)46-18-16-44-14-12-42-2/h3-10,19-22,37-40H,11-18H2,1-2H3. The van der Waals surface area contributed by atoms with Crippen LogP contribution in [0.4, 0.5) is 0 Å². The van der Waals surface area contributed by atoms with E-state index in [1.165, 1.54) is 24.3 Å². The SMILES string of the molecule is COCCOCCOc1c(OCCOCCOC)c2ccc(-c3ccc(O)c(O)c3)cc2c2cc(-c3ccc(O)c(O)c3)ccc12. The van der Waals surface area contributed by atoms with Gasteiger partial charge in [-0.15, -0.1) is 0 Å². The summed E-state index contributed by atoms with van der Waals surface area (Å²) in [5.41, 5.74) is 3.05. The van der Waals surface area contributed by atoms with Gasteiger partial charge in [0.2, 0.25) is 0 Å². The molecular weight excluding hydrogens is 592 g/mol. The van der Waals surface area contributed by atoms with Gasteiger partial charge in [-0.1, -0.05) is 24.3 Å². The second kappa shape index (κ2) is 15.5. The van der Waals surface area contributed by atoms with Gasteiger partial charge in [0.1, 0.15) is 13.2 Å². The molecule has 10 heteroatoms. The molecule has 0 aliphatic rings. The van der Waals surface area contributed by atoms with Crippen molar-refractivity contribution in [2.24, 2.45) is 0 Å². The lowest BCUT2D eigenvalue weighted by atomic mass is 9.93. The zero-order chi connectivity index (χ0) is 32.5. The summed E-state index contributed by atoms with van der Waals surface area (Å²) in [6.07, 6.45) is 0. The molecule has 5 aromatic carbocycles. The number of hydrogen-bond acceptors (Lipinski definition) is 10. The van der Waals surface area contributed by atoms with Crippen LogP contribution in [0.15, 0.2) is 72.8 Å². The van der Waals surface area contributed by atoms with E-state index in [1.807, 2.05) is 36.4 Å². The molecule has 0 heterocycles.